The molecule has 0 saturated carbocycles. The molecule has 0 saturated heterocycles. The fraction of sp³-hybridized carbons (Fsp3) is 0.304. The Balaban J connectivity index is 1.81. The van der Waals surface area contributed by atoms with Gasteiger partial charge in [-0.2, -0.15) is 0 Å². The molecule has 0 aromatic heterocycles. The van der Waals surface area contributed by atoms with Crippen molar-refractivity contribution in [3.63, 3.8) is 0 Å². The zero-order valence-corrected chi connectivity index (χ0v) is 16.3. The molecule has 5 nitrogen and oxygen atoms in total. The lowest BCUT2D eigenvalue weighted by Gasteiger charge is -2.34. The molecule has 1 aliphatic heterocycles. The Morgan fingerprint density at radius 2 is 1.71 bits per heavy atom. The van der Waals surface area contributed by atoms with Gasteiger partial charge in [0.2, 0.25) is 0 Å². The molecule has 1 atom stereocenters. The van der Waals surface area contributed by atoms with E-state index in [1.807, 2.05) is 36.4 Å². The van der Waals surface area contributed by atoms with Crippen LogP contribution in [0.25, 0.3) is 0 Å². The van der Waals surface area contributed by atoms with E-state index < -0.39 is 0 Å². The number of nitrogens with one attached hydrogen (secondary N) is 2. The van der Waals surface area contributed by atoms with Crippen molar-refractivity contribution in [3.8, 4) is 0 Å². The number of ether oxygens (including phenoxy) is 1. The van der Waals surface area contributed by atoms with Gasteiger partial charge in [-0.05, 0) is 41.7 Å². The molecule has 2 aliphatic rings. The molecule has 1 heterocycles. The monoisotopic (exact) mass is 376 g/mol. The minimum absolute atomic E-state index is 0.0819. The van der Waals surface area contributed by atoms with E-state index >= 15 is 0 Å². The Morgan fingerprint density at radius 1 is 1.04 bits per heavy atom. The Morgan fingerprint density at radius 3 is 2.39 bits per heavy atom. The number of fused-ring (bicyclic) bond motifs is 1. The molecule has 4 rings (SSSR count). The lowest BCUT2D eigenvalue weighted by atomic mass is 9.73. The average molecular weight is 376 g/mol. The van der Waals surface area contributed by atoms with Crippen LogP contribution in [0.15, 0.2) is 59.8 Å². The maximum atomic E-state index is 13.1. The topological polar surface area (TPSA) is 67.4 Å². The summed E-state index contributed by atoms with van der Waals surface area (Å²) in [6.07, 6.45) is 1.32. The van der Waals surface area contributed by atoms with E-state index in [-0.39, 0.29) is 23.2 Å². The van der Waals surface area contributed by atoms with Crippen molar-refractivity contribution in [1.29, 1.82) is 0 Å². The second kappa shape index (κ2) is 6.82. The smallest absolute Gasteiger partial charge is 0.337 e. The van der Waals surface area contributed by atoms with Crippen LogP contribution in [0.3, 0.4) is 0 Å². The number of anilines is 2. The molecule has 0 radical (unpaired) electrons. The van der Waals surface area contributed by atoms with Crippen LogP contribution in [0.1, 0.15) is 48.7 Å². The SMILES string of the molecule is COC(=O)c1ccc([C@@H]2Nc3ccccc3NC3=C2C(=O)CC(C)(C)C3)cc1. The van der Waals surface area contributed by atoms with Gasteiger partial charge in [0.15, 0.2) is 5.78 Å². The third-order valence-electron chi connectivity index (χ3n) is 5.39. The number of Topliss-reactive ketones (excluding diaryl/α,β-unsaturated/α-hetero) is 1. The molecule has 0 fully saturated rings. The number of benzene rings is 2. The van der Waals surface area contributed by atoms with Gasteiger partial charge in [0.1, 0.15) is 0 Å². The highest BCUT2D eigenvalue weighted by molar-refractivity contribution is 6.01. The number of esters is 1. The largest absolute Gasteiger partial charge is 0.465 e. The fourth-order valence-electron chi connectivity index (χ4n) is 4.07. The number of hydrogen-bond donors (Lipinski definition) is 2. The molecule has 0 bridgehead atoms. The summed E-state index contributed by atoms with van der Waals surface area (Å²) < 4.78 is 4.79. The molecule has 2 aromatic carbocycles. The minimum Gasteiger partial charge on any atom is -0.465 e. The van der Waals surface area contributed by atoms with Gasteiger partial charge in [0, 0.05) is 17.7 Å². The van der Waals surface area contributed by atoms with Crippen LogP contribution in [0.5, 0.6) is 0 Å². The highest BCUT2D eigenvalue weighted by Crippen LogP contribution is 2.45. The molecular formula is C23H24N2O3. The second-order valence-corrected chi connectivity index (χ2v) is 8.19. The Kier molecular flexibility index (Phi) is 4.46. The molecule has 1 aliphatic carbocycles. The van der Waals surface area contributed by atoms with E-state index in [1.165, 1.54) is 7.11 Å². The summed E-state index contributed by atoms with van der Waals surface area (Å²) >= 11 is 0. The molecule has 144 valence electrons. The van der Waals surface area contributed by atoms with E-state index in [4.69, 9.17) is 4.74 Å². The summed E-state index contributed by atoms with van der Waals surface area (Å²) in [6, 6.07) is 14.9. The third-order valence-corrected chi connectivity index (χ3v) is 5.39. The Hall–Kier alpha value is -3.08. The fourth-order valence-corrected chi connectivity index (χ4v) is 4.07. The molecule has 5 heteroatoms. The van der Waals surface area contributed by atoms with Gasteiger partial charge in [-0.1, -0.05) is 38.1 Å². The zero-order chi connectivity index (χ0) is 19.9. The van der Waals surface area contributed by atoms with Crippen LogP contribution in [-0.4, -0.2) is 18.9 Å². The highest BCUT2D eigenvalue weighted by atomic mass is 16.5. The standard InChI is InChI=1S/C23H24N2O3/c1-23(2)12-18-20(19(26)13-23)21(25-17-7-5-4-6-16(17)24-18)14-8-10-15(11-9-14)22(27)28-3/h4-11,21,24-25H,12-13H2,1-3H3/t21-/m0/s1. The number of carbonyl (C=O) groups excluding carboxylic acids is 2. The number of hydrogen-bond acceptors (Lipinski definition) is 5. The van der Waals surface area contributed by atoms with Gasteiger partial charge in [-0.3, -0.25) is 4.79 Å². The zero-order valence-electron chi connectivity index (χ0n) is 16.3. The second-order valence-electron chi connectivity index (χ2n) is 8.19. The van der Waals surface area contributed by atoms with E-state index in [1.54, 1.807) is 12.1 Å². The van der Waals surface area contributed by atoms with E-state index in [2.05, 4.69) is 24.5 Å². The molecule has 0 spiro atoms. The normalized spacial score (nSPS) is 20.2. The Labute approximate surface area is 164 Å². The first-order valence-electron chi connectivity index (χ1n) is 9.45. The predicted molar refractivity (Wildman–Crippen MR) is 109 cm³/mol. The van der Waals surface area contributed by atoms with Crippen molar-refractivity contribution in [2.75, 3.05) is 17.7 Å². The van der Waals surface area contributed by atoms with Gasteiger partial charge in [-0.25, -0.2) is 4.79 Å². The summed E-state index contributed by atoms with van der Waals surface area (Å²) in [5, 5.41) is 7.05. The summed E-state index contributed by atoms with van der Waals surface area (Å²) in [6.45, 7) is 4.25. The average Bonchev–Trinajstić information content (AvgIpc) is 2.83. The number of methoxy groups -OCH3 is 1. The summed E-state index contributed by atoms with van der Waals surface area (Å²) in [4.78, 5) is 24.9. The van der Waals surface area contributed by atoms with Gasteiger partial charge in [-0.15, -0.1) is 0 Å². The third kappa shape index (κ3) is 3.28. The van der Waals surface area contributed by atoms with Crippen molar-refractivity contribution in [1.82, 2.24) is 0 Å². The number of para-hydroxylation sites is 2. The first-order chi connectivity index (χ1) is 13.4. The molecule has 2 aromatic rings. The van der Waals surface area contributed by atoms with Gasteiger partial charge >= 0.3 is 5.97 Å². The minimum atomic E-state index is -0.372. The van der Waals surface area contributed by atoms with E-state index in [9.17, 15) is 9.59 Å². The summed E-state index contributed by atoms with van der Waals surface area (Å²) in [5.41, 5.74) is 5.01. The summed E-state index contributed by atoms with van der Waals surface area (Å²) in [7, 11) is 1.37. The number of allylic oxidation sites excluding steroid dienone is 1. The highest BCUT2D eigenvalue weighted by Gasteiger charge is 2.38. The molecule has 2 N–H and O–H groups in total. The predicted octanol–water partition coefficient (Wildman–Crippen LogP) is 4.70. The van der Waals surface area contributed by atoms with Gasteiger partial charge in [0.05, 0.1) is 30.1 Å². The van der Waals surface area contributed by atoms with Gasteiger partial charge < -0.3 is 15.4 Å². The number of carbonyl (C=O) groups is 2. The maximum Gasteiger partial charge on any atom is 0.337 e. The van der Waals surface area contributed by atoms with E-state index in [0.717, 1.165) is 34.6 Å². The maximum absolute atomic E-state index is 13.1. The van der Waals surface area contributed by atoms with Crippen LogP contribution in [0.2, 0.25) is 0 Å². The summed E-state index contributed by atoms with van der Waals surface area (Å²) in [5.74, 6) is -0.219. The van der Waals surface area contributed by atoms with Crippen LogP contribution < -0.4 is 10.6 Å². The first-order valence-corrected chi connectivity index (χ1v) is 9.45. The van der Waals surface area contributed by atoms with E-state index in [0.29, 0.717) is 12.0 Å². The van der Waals surface area contributed by atoms with Crippen molar-refractivity contribution < 1.29 is 14.3 Å². The quantitative estimate of drug-likeness (QED) is 0.744. The number of rotatable bonds is 2. The van der Waals surface area contributed by atoms with Crippen molar-refractivity contribution in [2.45, 2.75) is 32.7 Å². The molecule has 28 heavy (non-hydrogen) atoms. The van der Waals surface area contributed by atoms with Crippen molar-refractivity contribution in [2.24, 2.45) is 5.41 Å². The van der Waals surface area contributed by atoms with Crippen LogP contribution >= 0.6 is 0 Å². The lowest BCUT2D eigenvalue weighted by Crippen LogP contribution is -2.31. The molecular weight excluding hydrogens is 352 g/mol. The van der Waals surface area contributed by atoms with Crippen molar-refractivity contribution in [3.05, 3.63) is 70.9 Å². The van der Waals surface area contributed by atoms with Crippen LogP contribution in [-0.2, 0) is 9.53 Å². The first kappa shape index (κ1) is 18.3. The number of ketones is 1. The molecule has 0 amide bonds. The van der Waals surface area contributed by atoms with Crippen LogP contribution in [0.4, 0.5) is 11.4 Å². The van der Waals surface area contributed by atoms with Gasteiger partial charge in [0.25, 0.3) is 0 Å². The Bertz CT molecular complexity index is 974. The molecule has 0 unspecified atom stereocenters. The lowest BCUT2D eigenvalue weighted by molar-refractivity contribution is -0.118. The van der Waals surface area contributed by atoms with Crippen LogP contribution in [0, 0.1) is 5.41 Å². The van der Waals surface area contributed by atoms with Crippen molar-refractivity contribution >= 4 is 23.1 Å².